The lowest BCUT2D eigenvalue weighted by Gasteiger charge is -2.24. The highest BCUT2D eigenvalue weighted by Crippen LogP contribution is 2.29. The summed E-state index contributed by atoms with van der Waals surface area (Å²) in [4.78, 5) is 13.5. The molecule has 1 saturated heterocycles. The standard InChI is InChI=1S/C13H18BrN3O/c1-9(15)10-2-3-12(11(14)8-10)17-6-4-13(18)16-5-7-17/h2-3,8-9H,4-7,15H2,1H3,(H,16,18). The zero-order chi connectivity index (χ0) is 13.1. The number of benzene rings is 1. The van der Waals surface area contributed by atoms with E-state index < -0.39 is 0 Å². The number of carbonyl (C=O) groups is 1. The highest BCUT2D eigenvalue weighted by molar-refractivity contribution is 9.10. The maximum atomic E-state index is 11.3. The van der Waals surface area contributed by atoms with Crippen LogP contribution in [0.5, 0.6) is 0 Å². The van der Waals surface area contributed by atoms with Gasteiger partial charge in [-0.25, -0.2) is 0 Å². The molecule has 1 aliphatic heterocycles. The first kappa shape index (κ1) is 13.4. The van der Waals surface area contributed by atoms with Gasteiger partial charge in [0.15, 0.2) is 0 Å². The second-order valence-electron chi connectivity index (χ2n) is 4.59. The van der Waals surface area contributed by atoms with Crippen LogP contribution in [0.3, 0.4) is 0 Å². The summed E-state index contributed by atoms with van der Waals surface area (Å²) < 4.78 is 1.03. The van der Waals surface area contributed by atoms with E-state index in [4.69, 9.17) is 5.73 Å². The van der Waals surface area contributed by atoms with Crippen molar-refractivity contribution in [3.63, 3.8) is 0 Å². The fraction of sp³-hybridized carbons (Fsp3) is 0.462. The van der Waals surface area contributed by atoms with Gasteiger partial charge in [0.25, 0.3) is 0 Å². The third kappa shape index (κ3) is 3.03. The Balaban J connectivity index is 2.20. The summed E-state index contributed by atoms with van der Waals surface area (Å²) in [5.74, 6) is 0.126. The van der Waals surface area contributed by atoms with Crippen molar-refractivity contribution in [1.82, 2.24) is 5.32 Å². The molecule has 4 nitrogen and oxygen atoms in total. The molecule has 1 unspecified atom stereocenters. The zero-order valence-corrected chi connectivity index (χ0v) is 12.0. The Labute approximate surface area is 116 Å². The van der Waals surface area contributed by atoms with Gasteiger partial charge in [-0.2, -0.15) is 0 Å². The molecule has 18 heavy (non-hydrogen) atoms. The van der Waals surface area contributed by atoms with Crippen molar-refractivity contribution in [3.8, 4) is 0 Å². The highest BCUT2D eigenvalue weighted by Gasteiger charge is 2.16. The molecule has 98 valence electrons. The van der Waals surface area contributed by atoms with E-state index in [0.717, 1.165) is 28.8 Å². The molecule has 1 aliphatic rings. The predicted molar refractivity (Wildman–Crippen MR) is 76.6 cm³/mol. The van der Waals surface area contributed by atoms with Gasteiger partial charge in [0.1, 0.15) is 0 Å². The van der Waals surface area contributed by atoms with E-state index in [9.17, 15) is 4.79 Å². The number of halogens is 1. The van der Waals surface area contributed by atoms with Crippen LogP contribution in [0.25, 0.3) is 0 Å². The maximum Gasteiger partial charge on any atom is 0.221 e. The molecule has 1 atom stereocenters. The first-order valence-corrected chi connectivity index (χ1v) is 6.94. The maximum absolute atomic E-state index is 11.3. The second kappa shape index (κ2) is 5.71. The first-order valence-electron chi connectivity index (χ1n) is 6.14. The van der Waals surface area contributed by atoms with Gasteiger partial charge in [0, 0.05) is 36.6 Å². The van der Waals surface area contributed by atoms with E-state index >= 15 is 0 Å². The molecule has 3 N–H and O–H groups in total. The van der Waals surface area contributed by atoms with Crippen molar-refractivity contribution in [2.45, 2.75) is 19.4 Å². The number of nitrogens with zero attached hydrogens (tertiary/aromatic N) is 1. The number of hydrogen-bond acceptors (Lipinski definition) is 3. The predicted octanol–water partition coefficient (Wildman–Crippen LogP) is 1.80. The number of nitrogens with two attached hydrogens (primary N) is 1. The lowest BCUT2D eigenvalue weighted by molar-refractivity contribution is -0.120. The fourth-order valence-corrected chi connectivity index (χ4v) is 2.72. The molecular weight excluding hydrogens is 294 g/mol. The van der Waals surface area contributed by atoms with Gasteiger partial charge < -0.3 is 16.0 Å². The molecule has 0 saturated carbocycles. The third-order valence-corrected chi connectivity index (χ3v) is 3.79. The fourth-order valence-electron chi connectivity index (χ4n) is 2.07. The van der Waals surface area contributed by atoms with Gasteiger partial charge in [-0.1, -0.05) is 6.07 Å². The van der Waals surface area contributed by atoms with Crippen LogP contribution in [0.4, 0.5) is 5.69 Å². The summed E-state index contributed by atoms with van der Waals surface area (Å²) in [6.07, 6.45) is 0.543. The Morgan fingerprint density at radius 2 is 2.22 bits per heavy atom. The van der Waals surface area contributed by atoms with Crippen molar-refractivity contribution in [3.05, 3.63) is 28.2 Å². The Bertz CT molecular complexity index is 448. The lowest BCUT2D eigenvalue weighted by atomic mass is 10.1. The summed E-state index contributed by atoms with van der Waals surface area (Å²) in [6, 6.07) is 6.20. The first-order chi connectivity index (χ1) is 8.58. The molecule has 0 spiro atoms. The minimum atomic E-state index is 0.0303. The zero-order valence-electron chi connectivity index (χ0n) is 10.4. The Hall–Kier alpha value is -1.07. The Morgan fingerprint density at radius 3 is 2.89 bits per heavy atom. The van der Waals surface area contributed by atoms with E-state index in [1.54, 1.807) is 0 Å². The van der Waals surface area contributed by atoms with Crippen LogP contribution in [-0.4, -0.2) is 25.5 Å². The summed E-state index contributed by atoms with van der Waals surface area (Å²) in [7, 11) is 0. The lowest BCUT2D eigenvalue weighted by Crippen LogP contribution is -2.28. The van der Waals surface area contributed by atoms with Crippen LogP contribution in [-0.2, 0) is 4.79 Å². The van der Waals surface area contributed by atoms with E-state index in [1.807, 2.05) is 13.0 Å². The molecule has 1 aromatic rings. The van der Waals surface area contributed by atoms with E-state index in [-0.39, 0.29) is 11.9 Å². The van der Waals surface area contributed by atoms with Crippen molar-refractivity contribution in [2.24, 2.45) is 5.73 Å². The van der Waals surface area contributed by atoms with E-state index in [2.05, 4.69) is 38.3 Å². The summed E-state index contributed by atoms with van der Waals surface area (Å²) >= 11 is 3.59. The molecule has 1 heterocycles. The Kier molecular flexibility index (Phi) is 4.24. The molecule has 0 bridgehead atoms. The molecule has 1 aromatic carbocycles. The van der Waals surface area contributed by atoms with Crippen LogP contribution in [0.15, 0.2) is 22.7 Å². The average Bonchev–Trinajstić information content (AvgIpc) is 2.54. The topological polar surface area (TPSA) is 58.4 Å². The van der Waals surface area contributed by atoms with E-state index in [1.165, 1.54) is 0 Å². The van der Waals surface area contributed by atoms with Crippen LogP contribution in [0.1, 0.15) is 24.9 Å². The van der Waals surface area contributed by atoms with Gasteiger partial charge in [0.2, 0.25) is 5.91 Å². The smallest absolute Gasteiger partial charge is 0.221 e. The van der Waals surface area contributed by atoms with Gasteiger partial charge in [-0.3, -0.25) is 4.79 Å². The normalized spacial score (nSPS) is 18.2. The number of anilines is 1. The van der Waals surface area contributed by atoms with Crippen LogP contribution in [0.2, 0.25) is 0 Å². The molecular formula is C13H18BrN3O. The minimum absolute atomic E-state index is 0.0303. The monoisotopic (exact) mass is 311 g/mol. The highest BCUT2D eigenvalue weighted by atomic mass is 79.9. The van der Waals surface area contributed by atoms with E-state index in [0.29, 0.717) is 13.0 Å². The third-order valence-electron chi connectivity index (χ3n) is 3.15. The van der Waals surface area contributed by atoms with Crippen molar-refractivity contribution in [2.75, 3.05) is 24.5 Å². The average molecular weight is 312 g/mol. The van der Waals surface area contributed by atoms with Crippen molar-refractivity contribution in [1.29, 1.82) is 0 Å². The number of nitrogens with one attached hydrogen (secondary N) is 1. The van der Waals surface area contributed by atoms with Gasteiger partial charge in [0.05, 0.1) is 5.69 Å². The molecule has 0 aliphatic carbocycles. The number of rotatable bonds is 2. The molecule has 2 rings (SSSR count). The minimum Gasteiger partial charge on any atom is -0.368 e. The van der Waals surface area contributed by atoms with Crippen molar-refractivity contribution < 1.29 is 4.79 Å². The summed E-state index contributed by atoms with van der Waals surface area (Å²) in [5, 5.41) is 2.88. The summed E-state index contributed by atoms with van der Waals surface area (Å²) in [5.41, 5.74) is 8.09. The largest absolute Gasteiger partial charge is 0.368 e. The number of carbonyl (C=O) groups excluding carboxylic acids is 1. The van der Waals surface area contributed by atoms with Crippen LogP contribution < -0.4 is 16.0 Å². The molecule has 5 heteroatoms. The van der Waals surface area contributed by atoms with Crippen LogP contribution >= 0.6 is 15.9 Å². The molecule has 1 amide bonds. The Morgan fingerprint density at radius 1 is 1.44 bits per heavy atom. The second-order valence-corrected chi connectivity index (χ2v) is 5.44. The molecule has 0 aromatic heterocycles. The van der Waals surface area contributed by atoms with Gasteiger partial charge in [-0.05, 0) is 40.5 Å². The number of hydrogen-bond donors (Lipinski definition) is 2. The SMILES string of the molecule is CC(N)c1ccc(N2CCNC(=O)CC2)c(Br)c1. The van der Waals surface area contributed by atoms with Crippen molar-refractivity contribution >= 4 is 27.5 Å². The summed E-state index contributed by atoms with van der Waals surface area (Å²) in [6.45, 7) is 4.25. The molecule has 1 fully saturated rings. The van der Waals surface area contributed by atoms with Gasteiger partial charge >= 0.3 is 0 Å². The van der Waals surface area contributed by atoms with Gasteiger partial charge in [-0.15, -0.1) is 0 Å². The van der Waals surface area contributed by atoms with Crippen LogP contribution in [0, 0.1) is 0 Å². The number of amides is 1. The molecule has 0 radical (unpaired) electrons. The quantitative estimate of drug-likeness (QED) is 0.875.